The molecule has 0 heterocycles. The number of carbonyl (C=O) groups is 1. The van der Waals surface area contributed by atoms with Crippen molar-refractivity contribution in [1.29, 1.82) is 0 Å². The maximum atomic E-state index is 11.0. The predicted molar refractivity (Wildman–Crippen MR) is 85.5 cm³/mol. The lowest BCUT2D eigenvalue weighted by atomic mass is 10.1. The third-order valence-corrected chi connectivity index (χ3v) is 2.76. The molecule has 0 spiro atoms. The highest BCUT2D eigenvalue weighted by molar-refractivity contribution is 5.86. The molecule has 0 bridgehead atoms. The summed E-state index contributed by atoms with van der Waals surface area (Å²) in [5.74, 6) is -0.916. The smallest absolute Gasteiger partial charge is 0.331 e. The van der Waals surface area contributed by atoms with Gasteiger partial charge in [-0.3, -0.25) is 0 Å². The van der Waals surface area contributed by atoms with Gasteiger partial charge in [-0.1, -0.05) is 32.2 Å². The number of nitrogens with zero attached hydrogens (tertiary/aromatic N) is 1. The van der Waals surface area contributed by atoms with Crippen LogP contribution >= 0.6 is 0 Å². The molecule has 0 amide bonds. The Hall–Kier alpha value is -2.03. The standard InChI is InChI=1S/C17H25NO2/c1-6-9-11-18(10-7-2)16(12-14(4)8-3)13-15(5)17(19)20/h6,8,12-13H,1,3-4,7,9-11H2,2,5H3,(H,19,20)/b15-13+,16-12+. The highest BCUT2D eigenvalue weighted by Crippen LogP contribution is 2.14. The molecule has 3 heteroatoms. The molecule has 1 N–H and O–H groups in total. The fourth-order valence-electron chi connectivity index (χ4n) is 1.64. The van der Waals surface area contributed by atoms with Gasteiger partial charge in [0.15, 0.2) is 0 Å². The summed E-state index contributed by atoms with van der Waals surface area (Å²) in [5, 5.41) is 9.04. The highest BCUT2D eigenvalue weighted by atomic mass is 16.4. The van der Waals surface area contributed by atoms with Crippen molar-refractivity contribution in [3.63, 3.8) is 0 Å². The van der Waals surface area contributed by atoms with Crippen molar-refractivity contribution >= 4 is 5.97 Å². The second-order valence-corrected chi connectivity index (χ2v) is 4.55. The molecule has 0 aromatic carbocycles. The quantitative estimate of drug-likeness (QED) is 0.373. The zero-order chi connectivity index (χ0) is 15.5. The van der Waals surface area contributed by atoms with Crippen LogP contribution in [0.15, 0.2) is 60.9 Å². The average molecular weight is 275 g/mol. The van der Waals surface area contributed by atoms with Crippen LogP contribution in [0.25, 0.3) is 0 Å². The van der Waals surface area contributed by atoms with Gasteiger partial charge in [0.05, 0.1) is 0 Å². The van der Waals surface area contributed by atoms with Crippen LogP contribution in [-0.2, 0) is 4.79 Å². The monoisotopic (exact) mass is 275 g/mol. The maximum absolute atomic E-state index is 11.0. The number of carboxylic acids is 1. The van der Waals surface area contributed by atoms with Crippen molar-refractivity contribution < 1.29 is 9.90 Å². The van der Waals surface area contributed by atoms with E-state index in [4.69, 9.17) is 5.11 Å². The van der Waals surface area contributed by atoms with Gasteiger partial charge in [-0.25, -0.2) is 4.79 Å². The molecule has 0 aromatic rings. The van der Waals surface area contributed by atoms with Crippen molar-refractivity contribution in [2.24, 2.45) is 0 Å². The van der Waals surface area contributed by atoms with E-state index in [-0.39, 0.29) is 0 Å². The molecular weight excluding hydrogens is 250 g/mol. The van der Waals surface area contributed by atoms with Gasteiger partial charge >= 0.3 is 5.97 Å². The van der Waals surface area contributed by atoms with Crippen LogP contribution in [0.1, 0.15) is 26.7 Å². The Labute approximate surface area is 122 Å². The Morgan fingerprint density at radius 2 is 1.90 bits per heavy atom. The lowest BCUT2D eigenvalue weighted by molar-refractivity contribution is -0.132. The topological polar surface area (TPSA) is 40.5 Å². The normalized spacial score (nSPS) is 11.9. The van der Waals surface area contributed by atoms with Crippen molar-refractivity contribution in [3.8, 4) is 0 Å². The fourth-order valence-corrected chi connectivity index (χ4v) is 1.64. The summed E-state index contributed by atoms with van der Waals surface area (Å²) in [6.07, 6.45) is 8.87. The third kappa shape index (κ3) is 6.78. The van der Waals surface area contributed by atoms with Crippen molar-refractivity contribution in [3.05, 3.63) is 60.9 Å². The Kier molecular flexibility index (Phi) is 8.84. The first kappa shape index (κ1) is 18.0. The van der Waals surface area contributed by atoms with Crippen LogP contribution < -0.4 is 0 Å². The first-order valence-electron chi connectivity index (χ1n) is 6.76. The minimum atomic E-state index is -0.916. The van der Waals surface area contributed by atoms with Crippen molar-refractivity contribution in [1.82, 2.24) is 4.90 Å². The fraction of sp³-hybridized carbons (Fsp3) is 0.353. The second-order valence-electron chi connectivity index (χ2n) is 4.55. The van der Waals surface area contributed by atoms with Crippen LogP contribution in [-0.4, -0.2) is 29.1 Å². The highest BCUT2D eigenvalue weighted by Gasteiger charge is 2.09. The summed E-state index contributed by atoms with van der Waals surface area (Å²) < 4.78 is 0. The van der Waals surface area contributed by atoms with Gasteiger partial charge < -0.3 is 10.0 Å². The number of aliphatic carboxylic acids is 1. The molecule has 0 unspecified atom stereocenters. The summed E-state index contributed by atoms with van der Waals surface area (Å²) in [4.78, 5) is 13.2. The van der Waals surface area contributed by atoms with Gasteiger partial charge in [0.1, 0.15) is 0 Å². The van der Waals surface area contributed by atoms with Crippen LogP contribution in [0.5, 0.6) is 0 Å². The van der Waals surface area contributed by atoms with E-state index in [0.29, 0.717) is 5.57 Å². The first-order valence-corrected chi connectivity index (χ1v) is 6.76. The van der Waals surface area contributed by atoms with Gasteiger partial charge in [-0.2, -0.15) is 0 Å². The van der Waals surface area contributed by atoms with Gasteiger partial charge in [-0.05, 0) is 37.5 Å². The summed E-state index contributed by atoms with van der Waals surface area (Å²) in [6.45, 7) is 16.6. The molecule has 110 valence electrons. The Morgan fingerprint density at radius 1 is 1.25 bits per heavy atom. The Morgan fingerprint density at radius 3 is 2.35 bits per heavy atom. The van der Waals surface area contributed by atoms with Crippen molar-refractivity contribution in [2.75, 3.05) is 13.1 Å². The lowest BCUT2D eigenvalue weighted by Gasteiger charge is -2.25. The van der Waals surface area contributed by atoms with E-state index in [2.05, 4.69) is 31.6 Å². The molecule has 0 fully saturated rings. The van der Waals surface area contributed by atoms with Crippen LogP contribution in [0, 0.1) is 0 Å². The predicted octanol–water partition coefficient (Wildman–Crippen LogP) is 3.93. The number of allylic oxidation sites excluding steroid dienone is 4. The van der Waals surface area contributed by atoms with E-state index in [1.54, 1.807) is 19.1 Å². The van der Waals surface area contributed by atoms with E-state index in [9.17, 15) is 4.79 Å². The molecule has 0 saturated carbocycles. The molecular formula is C17H25NO2. The minimum absolute atomic E-state index is 0.299. The molecule has 3 nitrogen and oxygen atoms in total. The molecule has 20 heavy (non-hydrogen) atoms. The first-order chi connectivity index (χ1) is 9.46. The van der Waals surface area contributed by atoms with Crippen molar-refractivity contribution in [2.45, 2.75) is 26.7 Å². The number of carboxylic acid groups (broad SMARTS) is 1. The van der Waals surface area contributed by atoms with Crippen LogP contribution in [0.3, 0.4) is 0 Å². The Balaban J connectivity index is 5.44. The second kappa shape index (κ2) is 9.84. The van der Waals surface area contributed by atoms with Crippen LogP contribution in [0.2, 0.25) is 0 Å². The number of hydrogen-bond donors (Lipinski definition) is 1. The molecule has 0 aliphatic rings. The van der Waals surface area contributed by atoms with Gasteiger partial charge in [0.25, 0.3) is 0 Å². The van der Waals surface area contributed by atoms with E-state index < -0.39 is 5.97 Å². The summed E-state index contributed by atoms with van der Waals surface area (Å²) in [5.41, 5.74) is 1.90. The molecule has 0 aromatic heterocycles. The molecule has 0 aliphatic carbocycles. The molecule has 0 atom stereocenters. The SMILES string of the molecule is C=CCCN(CCC)C(/C=C(\C)C(=O)O)=C/C(=C)C=C. The van der Waals surface area contributed by atoms with E-state index in [1.807, 2.05) is 12.2 Å². The largest absolute Gasteiger partial charge is 0.478 e. The van der Waals surface area contributed by atoms with Gasteiger partial charge in [0, 0.05) is 24.4 Å². The van der Waals surface area contributed by atoms with Crippen LogP contribution in [0.4, 0.5) is 0 Å². The zero-order valence-electron chi connectivity index (χ0n) is 12.6. The lowest BCUT2D eigenvalue weighted by Crippen LogP contribution is -2.24. The van der Waals surface area contributed by atoms with Gasteiger partial charge in [0.2, 0.25) is 0 Å². The van der Waals surface area contributed by atoms with Gasteiger partial charge in [-0.15, -0.1) is 6.58 Å². The average Bonchev–Trinajstić information content (AvgIpc) is 2.42. The molecule has 0 radical (unpaired) electrons. The third-order valence-electron chi connectivity index (χ3n) is 2.76. The molecule has 0 saturated heterocycles. The number of rotatable bonds is 10. The minimum Gasteiger partial charge on any atom is -0.478 e. The molecule has 0 aliphatic heterocycles. The van der Waals surface area contributed by atoms with E-state index in [1.165, 1.54) is 0 Å². The summed E-state index contributed by atoms with van der Waals surface area (Å²) in [7, 11) is 0. The zero-order valence-corrected chi connectivity index (χ0v) is 12.6. The van der Waals surface area contributed by atoms with E-state index >= 15 is 0 Å². The van der Waals surface area contributed by atoms with E-state index in [0.717, 1.165) is 37.2 Å². The maximum Gasteiger partial charge on any atom is 0.331 e. The Bertz CT molecular complexity index is 430. The molecule has 0 rings (SSSR count). The number of hydrogen-bond acceptors (Lipinski definition) is 2. The summed E-state index contributed by atoms with van der Waals surface area (Å²) in [6, 6.07) is 0. The summed E-state index contributed by atoms with van der Waals surface area (Å²) >= 11 is 0.